The van der Waals surface area contributed by atoms with E-state index in [-0.39, 0.29) is 5.69 Å². The molecule has 0 radical (unpaired) electrons. The average molecular weight is 486 g/mol. The Balaban J connectivity index is 1.54. The summed E-state index contributed by atoms with van der Waals surface area (Å²) < 4.78 is 15.3. The molecule has 0 saturated carbocycles. The van der Waals surface area contributed by atoms with Gasteiger partial charge in [-0.1, -0.05) is 0 Å². The predicted molar refractivity (Wildman–Crippen MR) is 137 cm³/mol. The van der Waals surface area contributed by atoms with Gasteiger partial charge >= 0.3 is 5.69 Å². The highest BCUT2D eigenvalue weighted by Crippen LogP contribution is 2.35. The number of aryl methyl sites for hydroxylation is 2. The number of nitrogens with zero attached hydrogens (tertiary/aromatic N) is 6. The van der Waals surface area contributed by atoms with Gasteiger partial charge in [-0.2, -0.15) is 10.1 Å². The highest BCUT2D eigenvalue weighted by molar-refractivity contribution is 6.06. The van der Waals surface area contributed by atoms with Gasteiger partial charge in [0.1, 0.15) is 17.0 Å². The van der Waals surface area contributed by atoms with Gasteiger partial charge in [-0.05, 0) is 43.4 Å². The lowest BCUT2D eigenvalue weighted by atomic mass is 9.96. The Morgan fingerprint density at radius 3 is 2.64 bits per heavy atom. The maximum Gasteiger partial charge on any atom is 0.348 e. The molecule has 1 N–H and O–H groups in total. The van der Waals surface area contributed by atoms with Crippen molar-refractivity contribution in [2.24, 2.45) is 13.0 Å². The molecule has 1 aliphatic rings. The number of nitrogens with one attached hydrogen (secondary N) is 1. The van der Waals surface area contributed by atoms with Crippen LogP contribution in [-0.2, 0) is 18.3 Å². The Morgan fingerprint density at radius 1 is 1.08 bits per heavy atom. The molecule has 1 saturated heterocycles. The second-order valence-electron chi connectivity index (χ2n) is 9.18. The van der Waals surface area contributed by atoms with E-state index in [9.17, 15) is 4.79 Å². The summed E-state index contributed by atoms with van der Waals surface area (Å²) in [5, 5.41) is 8.07. The van der Waals surface area contributed by atoms with Crippen molar-refractivity contribution >= 4 is 28.0 Å². The van der Waals surface area contributed by atoms with Gasteiger partial charge in [-0.15, -0.1) is 0 Å². The molecule has 5 aromatic heterocycles. The molecule has 0 bridgehead atoms. The maximum atomic E-state index is 13.4. The molecule has 5 aromatic rings. The molecule has 0 unspecified atom stereocenters. The summed E-state index contributed by atoms with van der Waals surface area (Å²) in [6.45, 7) is 2.10. The third-order valence-corrected chi connectivity index (χ3v) is 6.88. The standard InChI is InChI=1S/C26H27N7O3/c1-27-21-4-3-17(12-28-21)22-24-23(33(26(34)31-22)8-5-16-6-9-35-10-7-16)20-11-18(13-29-25(20)36-24)19-14-30-32(2)15-19/h3-4,11-16H,5-10H2,1-2H3,(H,27,28). The zero-order valence-electron chi connectivity index (χ0n) is 20.3. The monoisotopic (exact) mass is 485 g/mol. The van der Waals surface area contributed by atoms with Gasteiger partial charge < -0.3 is 14.5 Å². The first kappa shape index (κ1) is 22.4. The first-order valence-electron chi connectivity index (χ1n) is 12.1. The molecule has 1 fully saturated rings. The highest BCUT2D eigenvalue weighted by atomic mass is 16.5. The van der Waals surface area contributed by atoms with E-state index in [1.54, 1.807) is 27.8 Å². The molecule has 0 atom stereocenters. The number of pyridine rings is 2. The Labute approximate surface area is 207 Å². The minimum Gasteiger partial charge on any atom is -0.434 e. The van der Waals surface area contributed by atoms with E-state index in [4.69, 9.17) is 9.15 Å². The Hall–Kier alpha value is -4.05. The number of rotatable bonds is 6. The summed E-state index contributed by atoms with van der Waals surface area (Å²) >= 11 is 0. The zero-order chi connectivity index (χ0) is 24.6. The normalized spacial score (nSPS) is 14.6. The van der Waals surface area contributed by atoms with Crippen LogP contribution in [0, 0.1) is 5.92 Å². The first-order chi connectivity index (χ1) is 17.6. The quantitative estimate of drug-likeness (QED) is 0.386. The summed E-state index contributed by atoms with van der Waals surface area (Å²) in [5.74, 6) is 1.24. The van der Waals surface area contributed by atoms with Crippen molar-refractivity contribution in [2.45, 2.75) is 25.8 Å². The Bertz CT molecular complexity index is 1590. The number of hydrogen-bond acceptors (Lipinski definition) is 8. The molecule has 0 spiro atoms. The minimum absolute atomic E-state index is 0.309. The summed E-state index contributed by atoms with van der Waals surface area (Å²) in [6.07, 6.45) is 10.1. The number of hydrogen-bond donors (Lipinski definition) is 1. The smallest absolute Gasteiger partial charge is 0.348 e. The molecular weight excluding hydrogens is 458 g/mol. The van der Waals surface area contributed by atoms with Crippen LogP contribution in [0.25, 0.3) is 44.6 Å². The largest absolute Gasteiger partial charge is 0.434 e. The van der Waals surface area contributed by atoms with Gasteiger partial charge in [0.25, 0.3) is 0 Å². The molecule has 36 heavy (non-hydrogen) atoms. The van der Waals surface area contributed by atoms with Crippen molar-refractivity contribution < 1.29 is 9.15 Å². The van der Waals surface area contributed by atoms with E-state index in [2.05, 4.69) is 25.4 Å². The van der Waals surface area contributed by atoms with Crippen molar-refractivity contribution in [1.29, 1.82) is 0 Å². The first-order valence-corrected chi connectivity index (χ1v) is 12.1. The number of anilines is 1. The highest BCUT2D eigenvalue weighted by Gasteiger charge is 2.22. The van der Waals surface area contributed by atoms with Crippen molar-refractivity contribution in [3.05, 3.63) is 53.5 Å². The van der Waals surface area contributed by atoms with Gasteiger partial charge in [0, 0.05) is 69.1 Å². The second-order valence-corrected chi connectivity index (χ2v) is 9.18. The van der Waals surface area contributed by atoms with Gasteiger partial charge in [0.2, 0.25) is 5.71 Å². The van der Waals surface area contributed by atoms with Crippen LogP contribution in [0.2, 0.25) is 0 Å². The van der Waals surface area contributed by atoms with E-state index >= 15 is 0 Å². The third kappa shape index (κ3) is 4.03. The summed E-state index contributed by atoms with van der Waals surface area (Å²) in [7, 11) is 3.69. The third-order valence-electron chi connectivity index (χ3n) is 6.88. The molecule has 6 heterocycles. The van der Waals surface area contributed by atoms with Crippen molar-refractivity contribution in [1.82, 2.24) is 29.3 Å². The number of furan rings is 1. The van der Waals surface area contributed by atoms with Crippen molar-refractivity contribution in [3.8, 4) is 22.4 Å². The van der Waals surface area contributed by atoms with E-state index in [1.807, 2.05) is 38.5 Å². The van der Waals surface area contributed by atoms with Gasteiger partial charge in [0.05, 0.1) is 11.6 Å². The Morgan fingerprint density at radius 2 is 1.92 bits per heavy atom. The van der Waals surface area contributed by atoms with Gasteiger partial charge in [-0.25, -0.2) is 14.8 Å². The maximum absolute atomic E-state index is 13.4. The molecule has 0 aliphatic carbocycles. The molecule has 10 nitrogen and oxygen atoms in total. The minimum atomic E-state index is -0.309. The lowest BCUT2D eigenvalue weighted by Crippen LogP contribution is -2.26. The molecule has 0 amide bonds. The molecule has 10 heteroatoms. The number of ether oxygens (including phenoxy) is 1. The molecule has 0 aromatic carbocycles. The van der Waals surface area contributed by atoms with Crippen molar-refractivity contribution in [2.75, 3.05) is 25.6 Å². The zero-order valence-corrected chi connectivity index (χ0v) is 20.3. The lowest BCUT2D eigenvalue weighted by Gasteiger charge is -2.22. The van der Waals surface area contributed by atoms with Crippen LogP contribution < -0.4 is 11.0 Å². The predicted octanol–water partition coefficient (Wildman–Crippen LogP) is 3.86. The number of aromatic nitrogens is 6. The van der Waals surface area contributed by atoms with E-state index in [0.29, 0.717) is 40.5 Å². The molecule has 6 rings (SSSR count). The van der Waals surface area contributed by atoms with Gasteiger partial charge in [0.15, 0.2) is 5.58 Å². The van der Waals surface area contributed by atoms with E-state index in [0.717, 1.165) is 54.8 Å². The van der Waals surface area contributed by atoms with Crippen LogP contribution in [0.1, 0.15) is 19.3 Å². The second kappa shape index (κ2) is 9.19. The summed E-state index contributed by atoms with van der Waals surface area (Å²) in [6, 6.07) is 5.75. The topological polar surface area (TPSA) is 113 Å². The van der Waals surface area contributed by atoms with Crippen LogP contribution in [0.15, 0.2) is 52.2 Å². The molecule has 184 valence electrons. The van der Waals surface area contributed by atoms with Crippen molar-refractivity contribution in [3.63, 3.8) is 0 Å². The average Bonchev–Trinajstić information content (AvgIpc) is 3.52. The molecule has 1 aliphatic heterocycles. The fourth-order valence-electron chi connectivity index (χ4n) is 4.86. The fraction of sp³-hybridized carbons (Fsp3) is 0.346. The number of fused-ring (bicyclic) bond motifs is 3. The lowest BCUT2D eigenvalue weighted by molar-refractivity contribution is 0.0626. The van der Waals surface area contributed by atoms with Crippen LogP contribution in [0.3, 0.4) is 0 Å². The fourth-order valence-corrected chi connectivity index (χ4v) is 4.86. The SMILES string of the molecule is CNc1ccc(-c2nc(=O)n(CCC3CCOCC3)c3c2oc2ncc(-c4cnn(C)c4)cc23)cn1. The summed E-state index contributed by atoms with van der Waals surface area (Å²) in [4.78, 5) is 26.9. The van der Waals surface area contributed by atoms with Crippen LogP contribution in [-0.4, -0.2) is 49.6 Å². The van der Waals surface area contributed by atoms with Gasteiger partial charge in [-0.3, -0.25) is 9.25 Å². The van der Waals surface area contributed by atoms with Crippen LogP contribution in [0.5, 0.6) is 0 Å². The van der Waals surface area contributed by atoms with E-state index < -0.39 is 0 Å². The Kier molecular flexibility index (Phi) is 5.73. The molecular formula is C26H27N7O3. The summed E-state index contributed by atoms with van der Waals surface area (Å²) in [5.41, 5.74) is 4.42. The van der Waals surface area contributed by atoms with Crippen LogP contribution in [0.4, 0.5) is 5.82 Å². The van der Waals surface area contributed by atoms with E-state index in [1.165, 1.54) is 0 Å². The van der Waals surface area contributed by atoms with Crippen LogP contribution >= 0.6 is 0 Å².